The molecule has 0 radical (unpaired) electrons. The Bertz CT molecular complexity index is 893. The summed E-state index contributed by atoms with van der Waals surface area (Å²) in [7, 11) is 0. The van der Waals surface area contributed by atoms with Crippen molar-refractivity contribution < 1.29 is 24.1 Å². The normalized spacial score (nSPS) is 20.9. The molecular formula is C25H40N2O6. The average molecular weight is 465 g/mol. The highest BCUT2D eigenvalue weighted by molar-refractivity contribution is 5.72. The van der Waals surface area contributed by atoms with Crippen molar-refractivity contribution >= 4 is 11.1 Å². The highest BCUT2D eigenvalue weighted by Crippen LogP contribution is 2.28. The molecule has 0 spiro atoms. The monoisotopic (exact) mass is 464 g/mol. The molecule has 0 aromatic carbocycles. The van der Waals surface area contributed by atoms with Crippen molar-refractivity contribution in [3.63, 3.8) is 0 Å². The van der Waals surface area contributed by atoms with Gasteiger partial charge >= 0.3 is 5.69 Å². The summed E-state index contributed by atoms with van der Waals surface area (Å²) in [6, 6.07) is 1.92. The van der Waals surface area contributed by atoms with Crippen molar-refractivity contribution in [2.45, 2.75) is 96.5 Å². The Morgan fingerprint density at radius 1 is 1.15 bits per heavy atom. The molecule has 2 aromatic heterocycles. The zero-order valence-electron chi connectivity index (χ0n) is 20.1. The maximum absolute atomic E-state index is 12.4. The Kier molecular flexibility index (Phi) is 10.4. The molecule has 0 amide bonds. The quantitative estimate of drug-likeness (QED) is 0.384. The molecule has 1 aliphatic rings. The molecule has 0 saturated carbocycles. The van der Waals surface area contributed by atoms with Crippen LogP contribution in [0, 0.1) is 5.92 Å². The van der Waals surface area contributed by atoms with Crippen LogP contribution in [0.15, 0.2) is 21.5 Å². The van der Waals surface area contributed by atoms with Gasteiger partial charge in [0.2, 0.25) is 5.71 Å². The lowest BCUT2D eigenvalue weighted by atomic mass is 10.1. The van der Waals surface area contributed by atoms with Gasteiger partial charge in [-0.3, -0.25) is 4.57 Å². The Labute approximate surface area is 195 Å². The third-order valence-electron chi connectivity index (χ3n) is 6.23. The second kappa shape index (κ2) is 13.2. The molecule has 186 valence electrons. The number of hydrogen-bond acceptors (Lipinski definition) is 7. The second-order valence-electron chi connectivity index (χ2n) is 9.54. The van der Waals surface area contributed by atoms with E-state index in [0.29, 0.717) is 11.6 Å². The van der Waals surface area contributed by atoms with Crippen molar-refractivity contribution in [2.75, 3.05) is 19.8 Å². The van der Waals surface area contributed by atoms with Gasteiger partial charge in [-0.15, -0.1) is 0 Å². The zero-order chi connectivity index (χ0) is 23.6. The highest BCUT2D eigenvalue weighted by Gasteiger charge is 2.35. The molecule has 3 heterocycles. The molecular weight excluding hydrogens is 424 g/mol. The van der Waals surface area contributed by atoms with Crippen LogP contribution in [0.25, 0.3) is 11.1 Å². The number of furan rings is 1. The number of fused-ring (bicyclic) bond motifs is 1. The van der Waals surface area contributed by atoms with Crippen LogP contribution in [-0.2, 0) is 15.9 Å². The topological polar surface area (TPSA) is 107 Å². The van der Waals surface area contributed by atoms with Gasteiger partial charge in [-0.05, 0) is 31.2 Å². The fourth-order valence-electron chi connectivity index (χ4n) is 4.17. The molecule has 0 bridgehead atoms. The van der Waals surface area contributed by atoms with E-state index in [0.717, 1.165) is 56.5 Å². The number of aliphatic hydroxyl groups excluding tert-OH is 2. The summed E-state index contributed by atoms with van der Waals surface area (Å²) in [6.07, 6.45) is 10.0. The Balaban J connectivity index is 1.34. The SMILES string of the molecule is CC(C)CCOCCCCCCCCCc1cc2cn(C3CC(O)C(CO)O3)c(=O)nc2o1. The van der Waals surface area contributed by atoms with Crippen molar-refractivity contribution in [3.8, 4) is 0 Å². The van der Waals surface area contributed by atoms with Crippen molar-refractivity contribution in [1.29, 1.82) is 0 Å². The summed E-state index contributed by atoms with van der Waals surface area (Å²) >= 11 is 0. The molecule has 1 saturated heterocycles. The summed E-state index contributed by atoms with van der Waals surface area (Å²) in [4.78, 5) is 16.4. The predicted octanol–water partition coefficient (Wildman–Crippen LogP) is 3.97. The minimum Gasteiger partial charge on any atom is -0.443 e. The molecule has 8 heteroatoms. The number of unbranched alkanes of at least 4 members (excludes halogenated alkanes) is 6. The van der Waals surface area contributed by atoms with Crippen molar-refractivity contribution in [3.05, 3.63) is 28.5 Å². The van der Waals surface area contributed by atoms with Crippen LogP contribution in [0.3, 0.4) is 0 Å². The van der Waals surface area contributed by atoms with Crippen LogP contribution in [0.1, 0.15) is 83.6 Å². The van der Waals surface area contributed by atoms with Gasteiger partial charge in [-0.25, -0.2) is 4.79 Å². The number of ether oxygens (including phenoxy) is 2. The van der Waals surface area contributed by atoms with Crippen LogP contribution in [0.4, 0.5) is 0 Å². The van der Waals surface area contributed by atoms with Crippen LogP contribution < -0.4 is 5.69 Å². The zero-order valence-corrected chi connectivity index (χ0v) is 20.1. The molecule has 0 aliphatic carbocycles. The van der Waals surface area contributed by atoms with Gasteiger partial charge in [0.1, 0.15) is 18.1 Å². The van der Waals surface area contributed by atoms with E-state index >= 15 is 0 Å². The lowest BCUT2D eigenvalue weighted by Gasteiger charge is -2.13. The molecule has 1 aliphatic heterocycles. The van der Waals surface area contributed by atoms with E-state index < -0.39 is 24.1 Å². The molecule has 1 fully saturated rings. The van der Waals surface area contributed by atoms with E-state index in [2.05, 4.69) is 18.8 Å². The van der Waals surface area contributed by atoms with Gasteiger partial charge < -0.3 is 24.1 Å². The molecule has 33 heavy (non-hydrogen) atoms. The summed E-state index contributed by atoms with van der Waals surface area (Å²) in [5.41, 5.74) is -0.149. The van der Waals surface area contributed by atoms with E-state index in [-0.39, 0.29) is 13.0 Å². The van der Waals surface area contributed by atoms with Gasteiger partial charge in [0.15, 0.2) is 0 Å². The maximum Gasteiger partial charge on any atom is 0.353 e. The van der Waals surface area contributed by atoms with Crippen LogP contribution >= 0.6 is 0 Å². The lowest BCUT2D eigenvalue weighted by molar-refractivity contribution is -0.0457. The first-order chi connectivity index (χ1) is 16.0. The Morgan fingerprint density at radius 3 is 2.58 bits per heavy atom. The smallest absolute Gasteiger partial charge is 0.353 e. The fourth-order valence-corrected chi connectivity index (χ4v) is 4.17. The highest BCUT2D eigenvalue weighted by atomic mass is 16.5. The van der Waals surface area contributed by atoms with Crippen LogP contribution in [0.2, 0.25) is 0 Å². The first-order valence-electron chi connectivity index (χ1n) is 12.5. The van der Waals surface area contributed by atoms with E-state index in [4.69, 9.17) is 13.9 Å². The fraction of sp³-hybridized carbons (Fsp3) is 0.760. The first-order valence-corrected chi connectivity index (χ1v) is 12.5. The van der Waals surface area contributed by atoms with Gasteiger partial charge in [-0.1, -0.05) is 46.0 Å². The number of rotatable bonds is 15. The van der Waals surface area contributed by atoms with Crippen LogP contribution in [0.5, 0.6) is 0 Å². The average Bonchev–Trinajstić information content (AvgIpc) is 3.35. The maximum atomic E-state index is 12.4. The standard InChI is InChI=1S/C25H40N2O6/c1-18(2)11-13-31-12-9-7-5-3-4-6-8-10-20-14-19-16-27(25(30)26-24(19)32-20)23-15-21(29)22(17-28)33-23/h14,16,18,21-23,28-29H,3-13,15,17H2,1-2H3. The second-order valence-corrected chi connectivity index (χ2v) is 9.54. The summed E-state index contributed by atoms with van der Waals surface area (Å²) in [6.45, 7) is 5.92. The van der Waals surface area contributed by atoms with Gasteiger partial charge in [0, 0.05) is 32.3 Å². The Hall–Kier alpha value is -1.74. The molecule has 3 rings (SSSR count). The number of hydrogen-bond donors (Lipinski definition) is 2. The third-order valence-corrected chi connectivity index (χ3v) is 6.23. The number of nitrogens with zero attached hydrogens (tertiary/aromatic N) is 2. The van der Waals surface area contributed by atoms with E-state index in [1.807, 2.05) is 6.07 Å². The van der Waals surface area contributed by atoms with E-state index in [9.17, 15) is 15.0 Å². The predicted molar refractivity (Wildman–Crippen MR) is 126 cm³/mol. The van der Waals surface area contributed by atoms with Crippen LogP contribution in [-0.4, -0.2) is 51.8 Å². The van der Waals surface area contributed by atoms with E-state index in [1.165, 1.54) is 30.3 Å². The molecule has 2 aromatic rings. The van der Waals surface area contributed by atoms with Gasteiger partial charge in [0.05, 0.1) is 18.1 Å². The number of aliphatic hydroxyl groups is 2. The number of aryl methyl sites for hydroxylation is 1. The van der Waals surface area contributed by atoms with E-state index in [1.54, 1.807) is 6.20 Å². The lowest BCUT2D eigenvalue weighted by Crippen LogP contribution is -2.27. The minimum atomic E-state index is -0.800. The molecule has 8 nitrogen and oxygen atoms in total. The largest absolute Gasteiger partial charge is 0.443 e. The molecule has 3 atom stereocenters. The number of aromatic nitrogens is 2. The summed E-state index contributed by atoms with van der Waals surface area (Å²) in [5.74, 6) is 1.54. The first kappa shape index (κ1) is 25.9. The van der Waals surface area contributed by atoms with Gasteiger partial charge in [-0.2, -0.15) is 4.98 Å². The van der Waals surface area contributed by atoms with Gasteiger partial charge in [0.25, 0.3) is 0 Å². The van der Waals surface area contributed by atoms with Crippen molar-refractivity contribution in [1.82, 2.24) is 9.55 Å². The molecule has 2 N–H and O–H groups in total. The third kappa shape index (κ3) is 7.91. The summed E-state index contributed by atoms with van der Waals surface area (Å²) < 4.78 is 18.4. The molecule has 3 unspecified atom stereocenters. The Morgan fingerprint density at radius 2 is 1.88 bits per heavy atom. The van der Waals surface area contributed by atoms with Crippen molar-refractivity contribution in [2.24, 2.45) is 5.92 Å². The summed E-state index contributed by atoms with van der Waals surface area (Å²) in [5, 5.41) is 19.9. The minimum absolute atomic E-state index is 0.244.